The Morgan fingerprint density at radius 3 is 2.23 bits per heavy atom. The number of rotatable bonds is 8. The maximum absolute atomic E-state index is 13.0. The van der Waals surface area contributed by atoms with Gasteiger partial charge in [-0.2, -0.15) is 0 Å². The number of hydrogen-bond donors (Lipinski definition) is 2. The fourth-order valence-electron chi connectivity index (χ4n) is 3.58. The summed E-state index contributed by atoms with van der Waals surface area (Å²) in [5, 5.41) is 5.73. The summed E-state index contributed by atoms with van der Waals surface area (Å²) < 4.78 is 5.34. The third-order valence-corrected chi connectivity index (χ3v) is 5.11. The minimum absolute atomic E-state index is 0.115. The highest BCUT2D eigenvalue weighted by molar-refractivity contribution is 6.05. The molecule has 5 nitrogen and oxygen atoms in total. The molecule has 0 spiro atoms. The molecule has 1 atom stereocenters. The van der Waals surface area contributed by atoms with Crippen molar-refractivity contribution in [1.29, 1.82) is 0 Å². The molecule has 0 saturated carbocycles. The molecule has 5 heteroatoms. The van der Waals surface area contributed by atoms with Gasteiger partial charge in [0.05, 0.1) is 6.26 Å². The summed E-state index contributed by atoms with van der Waals surface area (Å²) in [6.45, 7) is 6.27. The number of carbonyl (C=O) groups is 2. The smallest absolute Gasteiger partial charge is 0.268 e. The highest BCUT2D eigenvalue weighted by Crippen LogP contribution is 2.28. The number of amides is 2. The standard InChI is InChI=1S/C26H28N2O3/c1-19(18-26(2,3)21-13-8-5-9-14-21)27-25(30)23(17-22-15-10-16-31-22)28-24(29)20-11-6-4-7-12-20/h4-17,19H,18H2,1-3H3,(H,27,30)(H,28,29)/b23-17-/t19-/m0/s1. The van der Waals surface area contributed by atoms with Crippen molar-refractivity contribution in [1.82, 2.24) is 10.6 Å². The predicted octanol–water partition coefficient (Wildman–Crippen LogP) is 4.92. The normalized spacial score (nSPS) is 12.8. The number of hydrogen-bond acceptors (Lipinski definition) is 3. The van der Waals surface area contributed by atoms with Crippen LogP contribution >= 0.6 is 0 Å². The Balaban J connectivity index is 1.73. The van der Waals surface area contributed by atoms with E-state index >= 15 is 0 Å². The third-order valence-electron chi connectivity index (χ3n) is 5.11. The molecule has 2 N–H and O–H groups in total. The van der Waals surface area contributed by atoms with Crippen LogP contribution in [0.1, 0.15) is 48.9 Å². The van der Waals surface area contributed by atoms with E-state index in [0.717, 1.165) is 6.42 Å². The maximum atomic E-state index is 13.0. The monoisotopic (exact) mass is 416 g/mol. The van der Waals surface area contributed by atoms with Crippen LogP contribution in [0.2, 0.25) is 0 Å². The molecule has 0 aliphatic rings. The largest absolute Gasteiger partial charge is 0.465 e. The minimum Gasteiger partial charge on any atom is -0.465 e. The van der Waals surface area contributed by atoms with E-state index in [1.54, 1.807) is 36.4 Å². The van der Waals surface area contributed by atoms with Crippen LogP contribution in [0.5, 0.6) is 0 Å². The first-order chi connectivity index (χ1) is 14.8. The van der Waals surface area contributed by atoms with Gasteiger partial charge in [0.1, 0.15) is 11.5 Å². The summed E-state index contributed by atoms with van der Waals surface area (Å²) >= 11 is 0. The zero-order valence-corrected chi connectivity index (χ0v) is 18.1. The topological polar surface area (TPSA) is 71.3 Å². The van der Waals surface area contributed by atoms with E-state index in [-0.39, 0.29) is 29.0 Å². The van der Waals surface area contributed by atoms with Crippen molar-refractivity contribution in [3.8, 4) is 0 Å². The van der Waals surface area contributed by atoms with Gasteiger partial charge in [0, 0.05) is 17.7 Å². The lowest BCUT2D eigenvalue weighted by atomic mass is 9.79. The van der Waals surface area contributed by atoms with Crippen molar-refractivity contribution in [2.45, 2.75) is 38.6 Å². The lowest BCUT2D eigenvalue weighted by Crippen LogP contribution is -2.41. The van der Waals surface area contributed by atoms with E-state index in [1.165, 1.54) is 17.9 Å². The molecule has 0 aliphatic heterocycles. The zero-order valence-electron chi connectivity index (χ0n) is 18.1. The lowest BCUT2D eigenvalue weighted by molar-refractivity contribution is -0.118. The minimum atomic E-state index is -0.364. The van der Waals surface area contributed by atoms with Crippen LogP contribution in [0.3, 0.4) is 0 Å². The van der Waals surface area contributed by atoms with Crippen LogP contribution in [0, 0.1) is 0 Å². The van der Waals surface area contributed by atoms with Crippen molar-refractivity contribution >= 4 is 17.9 Å². The second-order valence-electron chi connectivity index (χ2n) is 8.22. The van der Waals surface area contributed by atoms with Gasteiger partial charge in [-0.15, -0.1) is 0 Å². The Labute approximate surface area is 183 Å². The molecule has 1 aromatic heterocycles. The van der Waals surface area contributed by atoms with Gasteiger partial charge in [0.2, 0.25) is 0 Å². The molecule has 0 fully saturated rings. The molecule has 2 amide bonds. The number of nitrogens with one attached hydrogen (secondary N) is 2. The van der Waals surface area contributed by atoms with Crippen molar-refractivity contribution in [2.75, 3.05) is 0 Å². The first-order valence-corrected chi connectivity index (χ1v) is 10.3. The van der Waals surface area contributed by atoms with Gasteiger partial charge >= 0.3 is 0 Å². The summed E-state index contributed by atoms with van der Waals surface area (Å²) in [7, 11) is 0. The highest BCUT2D eigenvalue weighted by Gasteiger charge is 2.25. The number of carbonyl (C=O) groups excluding carboxylic acids is 2. The second-order valence-corrected chi connectivity index (χ2v) is 8.22. The van der Waals surface area contributed by atoms with Crippen molar-refractivity contribution in [2.24, 2.45) is 0 Å². The summed E-state index contributed by atoms with van der Waals surface area (Å²) in [6.07, 6.45) is 3.79. The van der Waals surface area contributed by atoms with Gasteiger partial charge in [0.15, 0.2) is 0 Å². The lowest BCUT2D eigenvalue weighted by Gasteiger charge is -2.29. The molecule has 160 valence electrons. The molecule has 0 aliphatic carbocycles. The molecule has 0 radical (unpaired) electrons. The average molecular weight is 417 g/mol. The van der Waals surface area contributed by atoms with Crippen LogP contribution in [-0.2, 0) is 10.2 Å². The second kappa shape index (κ2) is 9.94. The number of benzene rings is 2. The quantitative estimate of drug-likeness (QED) is 0.512. The summed E-state index contributed by atoms with van der Waals surface area (Å²) in [4.78, 5) is 25.7. The summed E-state index contributed by atoms with van der Waals surface area (Å²) in [5.74, 6) is -0.237. The fourth-order valence-corrected chi connectivity index (χ4v) is 3.58. The van der Waals surface area contributed by atoms with Gasteiger partial charge in [0.25, 0.3) is 11.8 Å². The molecule has 0 unspecified atom stereocenters. The van der Waals surface area contributed by atoms with E-state index in [9.17, 15) is 9.59 Å². The molecule has 1 heterocycles. The molecule has 2 aromatic carbocycles. The highest BCUT2D eigenvalue weighted by atomic mass is 16.3. The van der Waals surface area contributed by atoms with Gasteiger partial charge in [-0.3, -0.25) is 9.59 Å². The van der Waals surface area contributed by atoms with E-state index < -0.39 is 0 Å². The molecule has 31 heavy (non-hydrogen) atoms. The van der Waals surface area contributed by atoms with Gasteiger partial charge in [-0.25, -0.2) is 0 Å². The molecular weight excluding hydrogens is 388 g/mol. The van der Waals surface area contributed by atoms with Crippen LogP contribution in [-0.4, -0.2) is 17.9 Å². The Hall–Kier alpha value is -3.60. The van der Waals surface area contributed by atoms with Crippen molar-refractivity contribution in [3.05, 3.63) is 102 Å². The Kier molecular flexibility index (Phi) is 7.08. The van der Waals surface area contributed by atoms with E-state index in [0.29, 0.717) is 11.3 Å². The van der Waals surface area contributed by atoms with Crippen molar-refractivity contribution < 1.29 is 14.0 Å². The SMILES string of the molecule is C[C@@H](CC(C)(C)c1ccccc1)NC(=O)/C(=C/c1ccco1)NC(=O)c1ccccc1. The Bertz CT molecular complexity index is 1020. The Morgan fingerprint density at radius 2 is 1.61 bits per heavy atom. The van der Waals surface area contributed by atoms with E-state index in [2.05, 4.69) is 36.6 Å². The van der Waals surface area contributed by atoms with Crippen LogP contribution in [0.4, 0.5) is 0 Å². The molecule has 3 rings (SSSR count). The maximum Gasteiger partial charge on any atom is 0.268 e. The first-order valence-electron chi connectivity index (χ1n) is 10.3. The summed E-state index contributed by atoms with van der Waals surface area (Å²) in [6, 6.07) is 22.3. The Morgan fingerprint density at radius 1 is 0.968 bits per heavy atom. The number of furan rings is 1. The van der Waals surface area contributed by atoms with Gasteiger partial charge in [-0.1, -0.05) is 62.4 Å². The van der Waals surface area contributed by atoms with Crippen LogP contribution in [0.15, 0.2) is 89.2 Å². The zero-order chi connectivity index (χ0) is 22.3. The molecule has 0 bridgehead atoms. The predicted molar refractivity (Wildman–Crippen MR) is 122 cm³/mol. The van der Waals surface area contributed by atoms with Gasteiger partial charge < -0.3 is 15.1 Å². The summed E-state index contributed by atoms with van der Waals surface area (Å²) in [5.41, 5.74) is 1.69. The van der Waals surface area contributed by atoms with Crippen molar-refractivity contribution in [3.63, 3.8) is 0 Å². The molecule has 0 saturated heterocycles. The molecular formula is C26H28N2O3. The fraction of sp³-hybridized carbons (Fsp3) is 0.231. The van der Waals surface area contributed by atoms with Gasteiger partial charge in [-0.05, 0) is 48.6 Å². The van der Waals surface area contributed by atoms with Crippen LogP contribution < -0.4 is 10.6 Å². The first kappa shape index (κ1) is 22.1. The molecule has 3 aromatic rings. The van der Waals surface area contributed by atoms with Crippen LogP contribution in [0.25, 0.3) is 6.08 Å². The average Bonchev–Trinajstić information content (AvgIpc) is 3.27. The van der Waals surface area contributed by atoms with E-state index in [4.69, 9.17) is 4.42 Å². The third kappa shape index (κ3) is 6.19. The van der Waals surface area contributed by atoms with E-state index in [1.807, 2.05) is 31.2 Å².